The smallest absolute Gasteiger partial charge is 0.282 e. The average molecular weight is 464 g/mol. The molecule has 0 bridgehead atoms. The summed E-state index contributed by atoms with van der Waals surface area (Å²) in [4.78, 5) is 18.0. The average Bonchev–Trinajstić information content (AvgIpc) is 2.78. The van der Waals surface area contributed by atoms with Crippen LogP contribution in [-0.2, 0) is 0 Å². The lowest BCUT2D eigenvalue weighted by Gasteiger charge is -2.14. The van der Waals surface area contributed by atoms with Crippen LogP contribution < -0.4 is 10.3 Å². The molecule has 0 fully saturated rings. The van der Waals surface area contributed by atoms with Gasteiger partial charge in [0.25, 0.3) is 5.56 Å². The number of halogens is 1. The monoisotopic (exact) mass is 463 g/mol. The van der Waals surface area contributed by atoms with Gasteiger partial charge in [0, 0.05) is 21.3 Å². The summed E-state index contributed by atoms with van der Waals surface area (Å²) in [7, 11) is 1.66. The van der Waals surface area contributed by atoms with Crippen LogP contribution in [0.1, 0.15) is 37.6 Å². The Bertz CT molecular complexity index is 1330. The molecule has 1 aromatic heterocycles. The fraction of sp³-hybridized carbons (Fsp3) is 0.208. The normalized spacial score (nSPS) is 12.7. The molecule has 1 heterocycles. The number of hydrogen-bond donors (Lipinski definition) is 0. The van der Waals surface area contributed by atoms with E-state index in [1.54, 1.807) is 19.4 Å². The fourth-order valence-corrected chi connectivity index (χ4v) is 3.85. The first-order chi connectivity index (χ1) is 14.5. The van der Waals surface area contributed by atoms with Crippen molar-refractivity contribution in [1.82, 2.24) is 9.66 Å². The number of nitrogens with zero attached hydrogens (tertiary/aromatic N) is 3. The largest absolute Gasteiger partial charge is 0.496 e. The van der Waals surface area contributed by atoms with Gasteiger partial charge in [-0.15, -0.1) is 0 Å². The molecule has 0 aliphatic carbocycles. The lowest BCUT2D eigenvalue weighted by Crippen LogP contribution is -2.23. The second-order valence-corrected chi connectivity index (χ2v) is 8.12. The standard InChI is InChI=1S/C24H22BrN3O2/c1-4-15(2)23-27-21-11-10-17(25)13-20(21)24(29)28(23)26-14-16-9-12-22(30-3)19-8-6-5-7-18(16)19/h5-15H,4H2,1-3H3/t15-/m0/s1. The summed E-state index contributed by atoms with van der Waals surface area (Å²) in [6.45, 7) is 4.13. The first-order valence-electron chi connectivity index (χ1n) is 9.85. The Morgan fingerprint density at radius 1 is 1.13 bits per heavy atom. The van der Waals surface area contributed by atoms with Crippen LogP contribution in [0.5, 0.6) is 5.75 Å². The highest BCUT2D eigenvalue weighted by atomic mass is 79.9. The summed E-state index contributed by atoms with van der Waals surface area (Å²) in [5.41, 5.74) is 1.41. The Morgan fingerprint density at radius 2 is 1.90 bits per heavy atom. The van der Waals surface area contributed by atoms with Crippen molar-refractivity contribution < 1.29 is 4.74 Å². The van der Waals surface area contributed by atoms with E-state index in [2.05, 4.69) is 34.9 Å². The van der Waals surface area contributed by atoms with Crippen LogP contribution in [0.15, 0.2) is 69.0 Å². The van der Waals surface area contributed by atoms with Gasteiger partial charge < -0.3 is 4.74 Å². The van der Waals surface area contributed by atoms with Crippen LogP contribution >= 0.6 is 15.9 Å². The third kappa shape index (κ3) is 3.63. The topological polar surface area (TPSA) is 56.5 Å². The number of fused-ring (bicyclic) bond motifs is 2. The molecule has 3 aromatic carbocycles. The van der Waals surface area contributed by atoms with E-state index < -0.39 is 0 Å². The molecule has 5 nitrogen and oxygen atoms in total. The van der Waals surface area contributed by atoms with Crippen LogP contribution in [0, 0.1) is 0 Å². The zero-order chi connectivity index (χ0) is 21.3. The van der Waals surface area contributed by atoms with E-state index in [0.29, 0.717) is 16.7 Å². The highest BCUT2D eigenvalue weighted by Crippen LogP contribution is 2.27. The third-order valence-electron chi connectivity index (χ3n) is 5.34. The molecule has 6 heteroatoms. The van der Waals surface area contributed by atoms with Crippen molar-refractivity contribution in [2.45, 2.75) is 26.2 Å². The Labute approximate surface area is 183 Å². The zero-order valence-corrected chi connectivity index (χ0v) is 18.7. The van der Waals surface area contributed by atoms with Crippen LogP contribution in [0.3, 0.4) is 0 Å². The van der Waals surface area contributed by atoms with Gasteiger partial charge in [0.15, 0.2) is 0 Å². The van der Waals surface area contributed by atoms with Gasteiger partial charge in [0.05, 0.1) is 24.2 Å². The van der Waals surface area contributed by atoms with E-state index in [1.807, 2.05) is 48.5 Å². The first kappa shape index (κ1) is 20.3. The van der Waals surface area contributed by atoms with Gasteiger partial charge >= 0.3 is 0 Å². The fourth-order valence-electron chi connectivity index (χ4n) is 3.48. The molecule has 0 aliphatic rings. The van der Waals surface area contributed by atoms with Gasteiger partial charge in [-0.05, 0) is 42.1 Å². The van der Waals surface area contributed by atoms with E-state index in [-0.39, 0.29) is 11.5 Å². The van der Waals surface area contributed by atoms with E-state index in [4.69, 9.17) is 9.72 Å². The second-order valence-electron chi connectivity index (χ2n) is 7.20. The zero-order valence-electron chi connectivity index (χ0n) is 17.1. The van der Waals surface area contributed by atoms with Crippen molar-refractivity contribution in [3.63, 3.8) is 0 Å². The Kier molecular flexibility index (Phi) is 5.68. The molecule has 4 rings (SSSR count). The summed E-state index contributed by atoms with van der Waals surface area (Å²) in [5.74, 6) is 1.55. The summed E-state index contributed by atoms with van der Waals surface area (Å²) >= 11 is 3.44. The second kappa shape index (κ2) is 8.40. The van der Waals surface area contributed by atoms with Gasteiger partial charge in [0.2, 0.25) is 0 Å². The molecule has 4 aromatic rings. The highest BCUT2D eigenvalue weighted by Gasteiger charge is 2.15. The molecule has 1 atom stereocenters. The molecular formula is C24H22BrN3O2. The van der Waals surface area contributed by atoms with Crippen molar-refractivity contribution in [3.8, 4) is 5.75 Å². The predicted octanol–water partition coefficient (Wildman–Crippen LogP) is 5.72. The van der Waals surface area contributed by atoms with Crippen molar-refractivity contribution in [2.75, 3.05) is 7.11 Å². The highest BCUT2D eigenvalue weighted by molar-refractivity contribution is 9.10. The molecule has 0 N–H and O–H groups in total. The molecule has 30 heavy (non-hydrogen) atoms. The molecule has 0 aliphatic heterocycles. The molecule has 0 unspecified atom stereocenters. The quantitative estimate of drug-likeness (QED) is 0.355. The van der Waals surface area contributed by atoms with Crippen molar-refractivity contribution in [1.29, 1.82) is 0 Å². The summed E-state index contributed by atoms with van der Waals surface area (Å²) in [6.07, 6.45) is 2.58. The summed E-state index contributed by atoms with van der Waals surface area (Å²) < 4.78 is 7.74. The molecule has 0 saturated heterocycles. The molecular weight excluding hydrogens is 442 g/mol. The Morgan fingerprint density at radius 3 is 2.63 bits per heavy atom. The van der Waals surface area contributed by atoms with Gasteiger partial charge in [0.1, 0.15) is 11.6 Å². The van der Waals surface area contributed by atoms with E-state index in [0.717, 1.165) is 33.0 Å². The van der Waals surface area contributed by atoms with E-state index in [9.17, 15) is 4.79 Å². The van der Waals surface area contributed by atoms with Crippen LogP contribution in [-0.4, -0.2) is 23.0 Å². The predicted molar refractivity (Wildman–Crippen MR) is 126 cm³/mol. The third-order valence-corrected chi connectivity index (χ3v) is 5.83. The number of benzene rings is 3. The first-order valence-corrected chi connectivity index (χ1v) is 10.6. The van der Waals surface area contributed by atoms with Gasteiger partial charge in [-0.3, -0.25) is 4.79 Å². The minimum Gasteiger partial charge on any atom is -0.496 e. The molecule has 0 spiro atoms. The molecule has 0 amide bonds. The van der Waals surface area contributed by atoms with Gasteiger partial charge in [-0.2, -0.15) is 9.78 Å². The van der Waals surface area contributed by atoms with E-state index in [1.165, 1.54) is 4.68 Å². The number of aromatic nitrogens is 2. The van der Waals surface area contributed by atoms with Gasteiger partial charge in [-0.1, -0.05) is 54.0 Å². The molecule has 152 valence electrons. The molecule has 0 saturated carbocycles. The number of ether oxygens (including phenoxy) is 1. The minimum atomic E-state index is -0.175. The summed E-state index contributed by atoms with van der Waals surface area (Å²) in [6, 6.07) is 17.4. The number of hydrogen-bond acceptors (Lipinski definition) is 4. The van der Waals surface area contributed by atoms with Crippen molar-refractivity contribution in [2.24, 2.45) is 5.10 Å². The van der Waals surface area contributed by atoms with Crippen molar-refractivity contribution in [3.05, 3.63) is 80.8 Å². The Hall–Kier alpha value is -2.99. The van der Waals surface area contributed by atoms with Crippen LogP contribution in [0.4, 0.5) is 0 Å². The minimum absolute atomic E-state index is 0.0931. The molecule has 0 radical (unpaired) electrons. The SMILES string of the molecule is CC[C@H](C)c1nc2ccc(Br)cc2c(=O)n1N=Cc1ccc(OC)c2ccccc12. The maximum absolute atomic E-state index is 13.3. The maximum atomic E-state index is 13.3. The lowest BCUT2D eigenvalue weighted by atomic mass is 10.0. The van der Waals surface area contributed by atoms with Crippen LogP contribution in [0.25, 0.3) is 21.7 Å². The van der Waals surface area contributed by atoms with Crippen molar-refractivity contribution >= 4 is 43.8 Å². The number of methoxy groups -OCH3 is 1. The van der Waals surface area contributed by atoms with Crippen LogP contribution in [0.2, 0.25) is 0 Å². The lowest BCUT2D eigenvalue weighted by molar-refractivity contribution is 0.420. The maximum Gasteiger partial charge on any atom is 0.282 e. The summed E-state index contributed by atoms with van der Waals surface area (Å²) in [5, 5.41) is 7.13. The Balaban J connectivity index is 1.92. The van der Waals surface area contributed by atoms with E-state index >= 15 is 0 Å². The number of rotatable bonds is 5. The van der Waals surface area contributed by atoms with Gasteiger partial charge in [-0.25, -0.2) is 4.98 Å².